The van der Waals surface area contributed by atoms with Crippen molar-refractivity contribution >= 4 is 29.4 Å². The molecule has 2 fully saturated rings. The molecule has 178 valence electrons. The first-order valence-electron chi connectivity index (χ1n) is 10.8. The Morgan fingerprint density at radius 1 is 1.10 bits per heavy atom. The second-order valence-electron chi connectivity index (χ2n) is 8.31. The first-order valence-corrected chi connectivity index (χ1v) is 12.0. The molecule has 31 heavy (non-hydrogen) atoms. The monoisotopic (exact) mass is 466 g/mol. The lowest BCUT2D eigenvalue weighted by atomic mass is 10.1. The third kappa shape index (κ3) is 9.78. The van der Waals surface area contributed by atoms with Crippen LogP contribution in [0.1, 0.15) is 38.5 Å². The highest BCUT2D eigenvalue weighted by atomic mass is 32.2. The smallest absolute Gasteiger partial charge is 0.352 e. The Labute approximate surface area is 185 Å². The third-order valence-corrected chi connectivity index (χ3v) is 6.69. The fourth-order valence-corrected chi connectivity index (χ4v) is 4.59. The summed E-state index contributed by atoms with van der Waals surface area (Å²) in [5, 5.41) is 5.80. The van der Waals surface area contributed by atoms with E-state index in [1.165, 1.54) is 0 Å². The van der Waals surface area contributed by atoms with E-state index in [9.17, 15) is 27.6 Å². The van der Waals surface area contributed by atoms with E-state index in [1.54, 1.807) is 0 Å². The summed E-state index contributed by atoms with van der Waals surface area (Å²) in [6, 6.07) is -0.609. The van der Waals surface area contributed by atoms with Gasteiger partial charge in [-0.3, -0.25) is 19.3 Å². The van der Waals surface area contributed by atoms with E-state index >= 15 is 0 Å². The van der Waals surface area contributed by atoms with Crippen molar-refractivity contribution in [3.63, 3.8) is 0 Å². The summed E-state index contributed by atoms with van der Waals surface area (Å²) in [5.74, 6) is -2.54. The number of halogens is 3. The summed E-state index contributed by atoms with van der Waals surface area (Å²) < 4.78 is 36.8. The van der Waals surface area contributed by atoms with E-state index in [0.29, 0.717) is 18.6 Å². The van der Waals surface area contributed by atoms with Crippen LogP contribution in [0.4, 0.5) is 13.2 Å². The molecule has 1 saturated carbocycles. The van der Waals surface area contributed by atoms with Crippen LogP contribution in [0, 0.1) is 0 Å². The van der Waals surface area contributed by atoms with Crippen LogP contribution in [0.2, 0.25) is 0 Å². The zero-order valence-electron chi connectivity index (χ0n) is 18.0. The Balaban J connectivity index is 1.80. The molecular formula is C20H33F3N4O3S. The van der Waals surface area contributed by atoms with Gasteiger partial charge in [-0.25, -0.2) is 0 Å². The van der Waals surface area contributed by atoms with Gasteiger partial charge in [-0.2, -0.15) is 24.9 Å². The summed E-state index contributed by atoms with van der Waals surface area (Å²) in [7, 11) is 2.03. The number of likely N-dealkylation sites (N-methyl/N-ethyl adjacent to an activating group) is 1. The van der Waals surface area contributed by atoms with E-state index in [2.05, 4.69) is 15.5 Å². The van der Waals surface area contributed by atoms with Crippen molar-refractivity contribution in [2.24, 2.45) is 0 Å². The summed E-state index contributed by atoms with van der Waals surface area (Å²) >= 11 is 0.896. The second-order valence-corrected chi connectivity index (χ2v) is 9.41. The Morgan fingerprint density at radius 2 is 1.74 bits per heavy atom. The van der Waals surface area contributed by atoms with Gasteiger partial charge in [0.2, 0.25) is 17.6 Å². The van der Waals surface area contributed by atoms with E-state index in [-0.39, 0.29) is 24.4 Å². The minimum Gasteiger partial charge on any atom is -0.352 e. The number of amides is 2. The van der Waals surface area contributed by atoms with Crippen LogP contribution in [-0.2, 0) is 14.4 Å². The minimum atomic E-state index is -4.81. The standard InChI is InChI=1S/C20H33F3N4O3S/c1-26-8-10-27(11-9-26)13-18(29)25-16(19(30)24-15-5-2-3-6-15)7-4-12-31-14-17(28)20(21,22)23/h15-16H,2-14H2,1H3,(H,24,30)(H,25,29)/t16-/m0/s1. The van der Waals surface area contributed by atoms with Crippen molar-refractivity contribution in [1.82, 2.24) is 20.4 Å². The molecule has 11 heteroatoms. The van der Waals surface area contributed by atoms with Gasteiger partial charge in [0.05, 0.1) is 12.3 Å². The van der Waals surface area contributed by atoms with E-state index in [4.69, 9.17) is 0 Å². The van der Waals surface area contributed by atoms with Gasteiger partial charge in [0.15, 0.2) is 0 Å². The Bertz CT molecular complexity index is 607. The molecule has 1 heterocycles. The maximum atomic E-state index is 12.7. The van der Waals surface area contributed by atoms with Gasteiger partial charge in [-0.1, -0.05) is 12.8 Å². The van der Waals surface area contributed by atoms with Crippen LogP contribution >= 0.6 is 11.8 Å². The third-order valence-electron chi connectivity index (χ3n) is 5.65. The predicted molar refractivity (Wildman–Crippen MR) is 114 cm³/mol. The van der Waals surface area contributed by atoms with E-state index in [1.807, 2.05) is 11.9 Å². The maximum absolute atomic E-state index is 12.7. The van der Waals surface area contributed by atoms with Gasteiger partial charge in [0, 0.05) is 32.2 Å². The molecule has 1 aliphatic carbocycles. The van der Waals surface area contributed by atoms with Crippen LogP contribution in [0.25, 0.3) is 0 Å². The topological polar surface area (TPSA) is 81.8 Å². The molecule has 2 aliphatic rings. The van der Waals surface area contributed by atoms with E-state index < -0.39 is 23.8 Å². The summed E-state index contributed by atoms with van der Waals surface area (Å²) in [6.45, 7) is 3.55. The molecule has 1 atom stereocenters. The summed E-state index contributed by atoms with van der Waals surface area (Å²) in [5.41, 5.74) is 0. The second kappa shape index (κ2) is 12.6. The highest BCUT2D eigenvalue weighted by Crippen LogP contribution is 2.20. The van der Waals surface area contributed by atoms with Crippen LogP contribution in [-0.4, -0.2) is 96.9 Å². The first kappa shape index (κ1) is 25.9. The van der Waals surface area contributed by atoms with Gasteiger partial charge in [-0.15, -0.1) is 0 Å². The lowest BCUT2D eigenvalue weighted by Gasteiger charge is -2.32. The van der Waals surface area contributed by atoms with Crippen molar-refractivity contribution in [2.75, 3.05) is 51.3 Å². The molecule has 1 aliphatic heterocycles. The summed E-state index contributed by atoms with van der Waals surface area (Å²) in [6.07, 6.45) is -0.0990. The van der Waals surface area contributed by atoms with Crippen molar-refractivity contribution in [3.05, 3.63) is 0 Å². The van der Waals surface area contributed by atoms with Crippen molar-refractivity contribution in [2.45, 2.75) is 56.8 Å². The number of nitrogens with zero attached hydrogens (tertiary/aromatic N) is 2. The average Bonchev–Trinajstić information content (AvgIpc) is 3.20. The van der Waals surface area contributed by atoms with Crippen LogP contribution in [0.5, 0.6) is 0 Å². The zero-order valence-corrected chi connectivity index (χ0v) is 18.8. The molecule has 0 aromatic carbocycles. The highest BCUT2D eigenvalue weighted by Gasteiger charge is 2.37. The molecule has 2 N–H and O–H groups in total. The van der Waals surface area contributed by atoms with Crippen molar-refractivity contribution < 1.29 is 27.6 Å². The Kier molecular flexibility index (Phi) is 10.6. The Hall–Kier alpha value is -1.33. The minimum absolute atomic E-state index is 0.114. The highest BCUT2D eigenvalue weighted by molar-refractivity contribution is 7.99. The number of carbonyl (C=O) groups excluding carboxylic acids is 3. The first-order chi connectivity index (χ1) is 14.6. The molecule has 2 amide bonds. The number of hydrogen-bond acceptors (Lipinski definition) is 6. The largest absolute Gasteiger partial charge is 0.450 e. The number of piperazine rings is 1. The van der Waals surface area contributed by atoms with Gasteiger partial charge >= 0.3 is 6.18 Å². The fraction of sp³-hybridized carbons (Fsp3) is 0.850. The number of rotatable bonds is 11. The van der Waals surface area contributed by atoms with Crippen molar-refractivity contribution in [1.29, 1.82) is 0 Å². The number of nitrogens with one attached hydrogen (secondary N) is 2. The Morgan fingerprint density at radius 3 is 2.35 bits per heavy atom. The van der Waals surface area contributed by atoms with E-state index in [0.717, 1.165) is 63.6 Å². The SMILES string of the molecule is CN1CCN(CC(=O)N[C@@H](CCCSCC(=O)C(F)(F)F)C(=O)NC2CCCC2)CC1. The maximum Gasteiger partial charge on any atom is 0.450 e. The van der Waals surface area contributed by atoms with Crippen LogP contribution < -0.4 is 10.6 Å². The van der Waals surface area contributed by atoms with Crippen LogP contribution in [0.3, 0.4) is 0 Å². The lowest BCUT2D eigenvalue weighted by Crippen LogP contribution is -2.53. The molecule has 0 spiro atoms. The van der Waals surface area contributed by atoms with Crippen LogP contribution in [0.15, 0.2) is 0 Å². The normalized spacial score (nSPS) is 19.9. The van der Waals surface area contributed by atoms with Gasteiger partial charge in [0.25, 0.3) is 0 Å². The number of thioether (sulfide) groups is 1. The number of Topliss-reactive ketones (excluding diaryl/α,β-unsaturated/α-hetero) is 1. The van der Waals surface area contributed by atoms with Gasteiger partial charge in [-0.05, 0) is 38.5 Å². The fourth-order valence-electron chi connectivity index (χ4n) is 3.73. The lowest BCUT2D eigenvalue weighted by molar-refractivity contribution is -0.167. The molecule has 0 aromatic rings. The van der Waals surface area contributed by atoms with Crippen molar-refractivity contribution in [3.8, 4) is 0 Å². The molecule has 0 bridgehead atoms. The zero-order chi connectivity index (χ0) is 22.9. The number of ketones is 1. The molecular weight excluding hydrogens is 433 g/mol. The molecule has 2 rings (SSSR count). The number of alkyl halides is 3. The quantitative estimate of drug-likeness (QED) is 0.449. The number of hydrogen-bond donors (Lipinski definition) is 2. The number of carbonyl (C=O) groups is 3. The van der Waals surface area contributed by atoms with Gasteiger partial charge < -0.3 is 15.5 Å². The molecule has 7 nitrogen and oxygen atoms in total. The molecule has 1 saturated heterocycles. The van der Waals surface area contributed by atoms with Gasteiger partial charge in [0.1, 0.15) is 6.04 Å². The summed E-state index contributed by atoms with van der Waals surface area (Å²) in [4.78, 5) is 40.4. The molecule has 0 aromatic heterocycles. The molecule has 0 unspecified atom stereocenters. The predicted octanol–water partition coefficient (Wildman–Crippen LogP) is 1.42. The molecule has 0 radical (unpaired) electrons. The average molecular weight is 467 g/mol.